The predicted molar refractivity (Wildman–Crippen MR) is 53.8 cm³/mol. The van der Waals surface area contributed by atoms with Gasteiger partial charge >= 0.3 is 0 Å². The first kappa shape index (κ1) is 9.47. The van der Waals surface area contributed by atoms with Crippen LogP contribution in [0.1, 0.15) is 39.0 Å². The summed E-state index contributed by atoms with van der Waals surface area (Å²) in [5.74, 6) is 0. The van der Waals surface area contributed by atoms with E-state index < -0.39 is 0 Å². The van der Waals surface area contributed by atoms with Gasteiger partial charge in [0.25, 0.3) is 0 Å². The second-order valence-electron chi connectivity index (χ2n) is 4.70. The van der Waals surface area contributed by atoms with Crippen LogP contribution in [0.2, 0.25) is 0 Å². The summed E-state index contributed by atoms with van der Waals surface area (Å²) in [4.78, 5) is 2.56. The number of ether oxygens (including phenoxy) is 1. The highest BCUT2D eigenvalue weighted by atomic mass is 16.5. The minimum absolute atomic E-state index is 0.207. The summed E-state index contributed by atoms with van der Waals surface area (Å²) in [6.45, 7) is 2.26. The highest BCUT2D eigenvalue weighted by Crippen LogP contribution is 2.42. The molecule has 0 aromatic carbocycles. The molecule has 2 rings (SSSR count). The van der Waals surface area contributed by atoms with E-state index in [2.05, 4.69) is 18.9 Å². The Kier molecular flexibility index (Phi) is 2.37. The lowest BCUT2D eigenvalue weighted by Crippen LogP contribution is -2.49. The van der Waals surface area contributed by atoms with E-state index in [1.165, 1.54) is 32.1 Å². The van der Waals surface area contributed by atoms with Crippen molar-refractivity contribution in [2.45, 2.75) is 56.7 Å². The van der Waals surface area contributed by atoms with Gasteiger partial charge in [-0.1, -0.05) is 6.92 Å². The molecule has 2 atom stereocenters. The molecular formula is C11H21NO. The van der Waals surface area contributed by atoms with E-state index in [-0.39, 0.29) is 5.60 Å². The average Bonchev–Trinajstić information content (AvgIpc) is 2.43. The van der Waals surface area contributed by atoms with Crippen molar-refractivity contribution in [2.24, 2.45) is 0 Å². The first-order chi connectivity index (χ1) is 6.21. The molecule has 0 amide bonds. The number of piperidine rings is 1. The van der Waals surface area contributed by atoms with Crippen molar-refractivity contribution in [3.8, 4) is 0 Å². The minimum Gasteiger partial charge on any atom is -0.378 e. The quantitative estimate of drug-likeness (QED) is 0.649. The third-order valence-corrected chi connectivity index (χ3v) is 4.28. The molecule has 2 nitrogen and oxygen atoms in total. The van der Waals surface area contributed by atoms with Gasteiger partial charge in [-0.15, -0.1) is 0 Å². The molecule has 2 bridgehead atoms. The number of hydrogen-bond donors (Lipinski definition) is 0. The molecule has 76 valence electrons. The van der Waals surface area contributed by atoms with Crippen LogP contribution < -0.4 is 0 Å². The Morgan fingerprint density at radius 1 is 1.31 bits per heavy atom. The molecule has 2 saturated heterocycles. The maximum atomic E-state index is 5.73. The zero-order valence-corrected chi connectivity index (χ0v) is 9.05. The Morgan fingerprint density at radius 3 is 2.23 bits per heavy atom. The van der Waals surface area contributed by atoms with Gasteiger partial charge in [0.2, 0.25) is 0 Å². The first-order valence-corrected chi connectivity index (χ1v) is 5.48. The van der Waals surface area contributed by atoms with E-state index in [1.807, 2.05) is 7.11 Å². The SMILES string of the molecule is CCC1(OC)CC2CCC(C1)N2C. The van der Waals surface area contributed by atoms with Crippen molar-refractivity contribution >= 4 is 0 Å². The van der Waals surface area contributed by atoms with Crippen LogP contribution in [0.25, 0.3) is 0 Å². The summed E-state index contributed by atoms with van der Waals surface area (Å²) in [7, 11) is 4.16. The van der Waals surface area contributed by atoms with Gasteiger partial charge in [-0.25, -0.2) is 0 Å². The summed E-state index contributed by atoms with van der Waals surface area (Å²) in [5, 5.41) is 0. The molecule has 0 spiro atoms. The van der Waals surface area contributed by atoms with Gasteiger partial charge in [0.1, 0.15) is 0 Å². The summed E-state index contributed by atoms with van der Waals surface area (Å²) in [6, 6.07) is 1.58. The number of methoxy groups -OCH3 is 1. The van der Waals surface area contributed by atoms with Crippen LogP contribution in [0.3, 0.4) is 0 Å². The Balaban J connectivity index is 2.13. The Labute approximate surface area is 81.3 Å². The number of hydrogen-bond acceptors (Lipinski definition) is 2. The van der Waals surface area contributed by atoms with Crippen molar-refractivity contribution in [3.05, 3.63) is 0 Å². The van der Waals surface area contributed by atoms with Crippen molar-refractivity contribution in [1.29, 1.82) is 0 Å². The third kappa shape index (κ3) is 1.40. The highest BCUT2D eigenvalue weighted by molar-refractivity contribution is 5.00. The highest BCUT2D eigenvalue weighted by Gasteiger charge is 2.45. The molecule has 0 aromatic heterocycles. The van der Waals surface area contributed by atoms with Crippen LogP contribution in [-0.2, 0) is 4.74 Å². The normalized spacial score (nSPS) is 45.5. The average molecular weight is 183 g/mol. The maximum absolute atomic E-state index is 5.73. The van der Waals surface area contributed by atoms with E-state index >= 15 is 0 Å². The Morgan fingerprint density at radius 2 is 1.85 bits per heavy atom. The maximum Gasteiger partial charge on any atom is 0.0706 e. The predicted octanol–water partition coefficient (Wildman–Crippen LogP) is 2.04. The zero-order valence-electron chi connectivity index (χ0n) is 9.05. The van der Waals surface area contributed by atoms with Crippen LogP contribution in [0.4, 0.5) is 0 Å². The molecule has 0 aliphatic carbocycles. The van der Waals surface area contributed by atoms with Crippen LogP contribution in [0, 0.1) is 0 Å². The molecule has 2 heterocycles. The second-order valence-corrected chi connectivity index (χ2v) is 4.70. The van der Waals surface area contributed by atoms with Crippen molar-refractivity contribution in [3.63, 3.8) is 0 Å². The first-order valence-electron chi connectivity index (χ1n) is 5.48. The topological polar surface area (TPSA) is 12.5 Å². The van der Waals surface area contributed by atoms with Crippen LogP contribution in [0.5, 0.6) is 0 Å². The lowest BCUT2D eigenvalue weighted by atomic mass is 9.84. The van der Waals surface area contributed by atoms with Gasteiger partial charge in [0.15, 0.2) is 0 Å². The molecule has 2 heteroatoms. The van der Waals surface area contributed by atoms with Gasteiger partial charge < -0.3 is 9.64 Å². The Bertz CT molecular complexity index is 173. The fourth-order valence-electron chi connectivity index (χ4n) is 3.12. The van der Waals surface area contributed by atoms with E-state index in [1.54, 1.807) is 0 Å². The summed E-state index contributed by atoms with van der Waals surface area (Å²) in [6.07, 6.45) is 6.42. The van der Waals surface area contributed by atoms with Crippen molar-refractivity contribution in [1.82, 2.24) is 4.90 Å². The summed E-state index contributed by atoms with van der Waals surface area (Å²) >= 11 is 0. The van der Waals surface area contributed by atoms with Gasteiger partial charge in [-0.3, -0.25) is 0 Å². The summed E-state index contributed by atoms with van der Waals surface area (Å²) < 4.78 is 5.73. The molecule has 2 aliphatic heterocycles. The number of nitrogens with zero attached hydrogens (tertiary/aromatic N) is 1. The number of rotatable bonds is 2. The molecule has 0 N–H and O–H groups in total. The molecule has 0 aromatic rings. The van der Waals surface area contributed by atoms with Crippen molar-refractivity contribution < 1.29 is 4.74 Å². The van der Waals surface area contributed by atoms with E-state index in [9.17, 15) is 0 Å². The van der Waals surface area contributed by atoms with Crippen LogP contribution >= 0.6 is 0 Å². The lowest BCUT2D eigenvalue weighted by molar-refractivity contribution is -0.0777. The standard InChI is InChI=1S/C11H21NO/c1-4-11(13-3)7-9-5-6-10(8-11)12(9)2/h9-10H,4-8H2,1-3H3. The third-order valence-electron chi connectivity index (χ3n) is 4.28. The van der Waals surface area contributed by atoms with Gasteiger partial charge in [-0.2, -0.15) is 0 Å². The fourth-order valence-corrected chi connectivity index (χ4v) is 3.12. The van der Waals surface area contributed by atoms with Gasteiger partial charge in [0.05, 0.1) is 5.60 Å². The molecule has 0 saturated carbocycles. The minimum atomic E-state index is 0.207. The van der Waals surface area contributed by atoms with Crippen LogP contribution in [-0.4, -0.2) is 36.7 Å². The van der Waals surface area contributed by atoms with E-state index in [0.29, 0.717) is 0 Å². The van der Waals surface area contributed by atoms with Crippen molar-refractivity contribution in [2.75, 3.05) is 14.2 Å². The number of fused-ring (bicyclic) bond motifs is 2. The molecule has 0 radical (unpaired) electrons. The van der Waals surface area contributed by atoms with E-state index in [0.717, 1.165) is 12.1 Å². The van der Waals surface area contributed by atoms with Crippen LogP contribution in [0.15, 0.2) is 0 Å². The largest absolute Gasteiger partial charge is 0.378 e. The lowest BCUT2D eigenvalue weighted by Gasteiger charge is -2.44. The summed E-state index contributed by atoms with van der Waals surface area (Å²) in [5.41, 5.74) is 0.207. The van der Waals surface area contributed by atoms with Gasteiger partial charge in [0, 0.05) is 19.2 Å². The Hall–Kier alpha value is -0.0800. The zero-order chi connectivity index (χ0) is 9.47. The molecule has 2 aliphatic rings. The second kappa shape index (κ2) is 3.25. The molecule has 13 heavy (non-hydrogen) atoms. The molecular weight excluding hydrogens is 162 g/mol. The molecule has 2 fully saturated rings. The van der Waals surface area contributed by atoms with Gasteiger partial charge in [-0.05, 0) is 39.2 Å². The fraction of sp³-hybridized carbons (Fsp3) is 1.00. The molecule has 2 unspecified atom stereocenters. The van der Waals surface area contributed by atoms with E-state index in [4.69, 9.17) is 4.74 Å². The monoisotopic (exact) mass is 183 g/mol. The smallest absolute Gasteiger partial charge is 0.0706 e.